The van der Waals surface area contributed by atoms with E-state index in [-0.39, 0.29) is 11.3 Å². The number of H-pyrrole nitrogens is 1. The summed E-state index contributed by atoms with van der Waals surface area (Å²) in [7, 11) is 1.21. The van der Waals surface area contributed by atoms with E-state index in [2.05, 4.69) is 14.5 Å². The van der Waals surface area contributed by atoms with Crippen LogP contribution in [0.2, 0.25) is 0 Å². The lowest BCUT2D eigenvalue weighted by atomic mass is 10.1. The maximum Gasteiger partial charge on any atom is 0.573 e. The molecule has 4 nitrogen and oxygen atoms in total. The number of ether oxygens (including phenoxy) is 2. The normalized spacial score (nSPS) is 11.6. The van der Waals surface area contributed by atoms with Crippen LogP contribution in [0, 0.1) is 6.92 Å². The number of carbonyl (C=O) groups excluding carboxylic acids is 1. The summed E-state index contributed by atoms with van der Waals surface area (Å²) < 4.78 is 44.9. The van der Waals surface area contributed by atoms with Gasteiger partial charge in [0.25, 0.3) is 0 Å². The molecule has 1 N–H and O–H groups in total. The number of benzene rings is 1. The van der Waals surface area contributed by atoms with Gasteiger partial charge in [0, 0.05) is 16.6 Å². The number of carbonyl (C=O) groups is 1. The molecule has 1 aromatic carbocycles. The van der Waals surface area contributed by atoms with Gasteiger partial charge in [-0.05, 0) is 25.1 Å². The number of methoxy groups -OCH3 is 1. The molecule has 2 aromatic rings. The molecule has 0 unspecified atom stereocenters. The number of rotatable bonds is 2. The number of esters is 1. The summed E-state index contributed by atoms with van der Waals surface area (Å²) in [4.78, 5) is 14.5. The molecule has 2 rings (SSSR count). The van der Waals surface area contributed by atoms with Gasteiger partial charge < -0.3 is 14.5 Å². The van der Waals surface area contributed by atoms with Crippen molar-refractivity contribution in [2.75, 3.05) is 7.11 Å². The van der Waals surface area contributed by atoms with E-state index >= 15 is 0 Å². The van der Waals surface area contributed by atoms with E-state index in [0.717, 1.165) is 6.07 Å². The van der Waals surface area contributed by atoms with Gasteiger partial charge in [0.15, 0.2) is 0 Å². The third-order valence-corrected chi connectivity index (χ3v) is 2.58. The first kappa shape index (κ1) is 13.3. The molecule has 0 spiro atoms. The lowest BCUT2D eigenvalue weighted by molar-refractivity contribution is -0.274. The Balaban J connectivity index is 2.54. The molecule has 0 atom stereocenters. The highest BCUT2D eigenvalue weighted by Gasteiger charge is 2.31. The van der Waals surface area contributed by atoms with E-state index in [9.17, 15) is 18.0 Å². The van der Waals surface area contributed by atoms with Gasteiger partial charge in [-0.2, -0.15) is 0 Å². The van der Waals surface area contributed by atoms with Gasteiger partial charge >= 0.3 is 12.3 Å². The largest absolute Gasteiger partial charge is 0.573 e. The SMILES string of the molecule is COC(=O)c1c(C)[nH]c2ccc(OC(F)(F)F)cc12. The van der Waals surface area contributed by atoms with Crippen LogP contribution in [0.25, 0.3) is 10.9 Å². The molecule has 1 aromatic heterocycles. The van der Waals surface area contributed by atoms with Crippen LogP contribution in [0.1, 0.15) is 16.1 Å². The standard InChI is InChI=1S/C12H10F3NO3/c1-6-10(11(17)18-2)8-5-7(19-12(13,14)15)3-4-9(8)16-6/h3-5,16H,1-2H3. The number of alkyl halides is 3. The second-order valence-corrected chi connectivity index (χ2v) is 3.87. The van der Waals surface area contributed by atoms with Crippen molar-refractivity contribution in [3.63, 3.8) is 0 Å². The predicted octanol–water partition coefficient (Wildman–Crippen LogP) is 3.16. The fraction of sp³-hybridized carbons (Fsp3) is 0.250. The van der Waals surface area contributed by atoms with Crippen LogP contribution < -0.4 is 4.74 Å². The molecule has 1 heterocycles. The highest BCUT2D eigenvalue weighted by atomic mass is 19.4. The van der Waals surface area contributed by atoms with E-state index < -0.39 is 12.3 Å². The Kier molecular flexibility index (Phi) is 3.13. The van der Waals surface area contributed by atoms with Crippen molar-refractivity contribution in [3.8, 4) is 5.75 Å². The van der Waals surface area contributed by atoms with Crippen LogP contribution in [0.4, 0.5) is 13.2 Å². The summed E-state index contributed by atoms with van der Waals surface area (Å²) in [5, 5.41) is 0.325. The molecule has 102 valence electrons. The Morgan fingerprint density at radius 1 is 1.32 bits per heavy atom. The average molecular weight is 273 g/mol. The van der Waals surface area contributed by atoms with E-state index in [1.54, 1.807) is 6.92 Å². The van der Waals surface area contributed by atoms with Crippen LogP contribution in [0.3, 0.4) is 0 Å². The van der Waals surface area contributed by atoms with Gasteiger partial charge in [0.1, 0.15) is 5.75 Å². The average Bonchev–Trinajstić information content (AvgIpc) is 2.61. The fourth-order valence-electron chi connectivity index (χ4n) is 1.87. The molecular weight excluding hydrogens is 263 g/mol. The van der Waals surface area contributed by atoms with Crippen molar-refractivity contribution < 1.29 is 27.4 Å². The maximum absolute atomic E-state index is 12.2. The number of aromatic amines is 1. The summed E-state index contributed by atoms with van der Waals surface area (Å²) >= 11 is 0. The first-order chi connectivity index (χ1) is 8.81. The summed E-state index contributed by atoms with van der Waals surface area (Å²) in [6, 6.07) is 3.74. The molecule has 0 amide bonds. The summed E-state index contributed by atoms with van der Waals surface area (Å²) in [6.07, 6.45) is -4.77. The number of aryl methyl sites for hydroxylation is 1. The number of halogens is 3. The Bertz CT molecular complexity index is 631. The monoisotopic (exact) mass is 273 g/mol. The molecule has 19 heavy (non-hydrogen) atoms. The van der Waals surface area contributed by atoms with Crippen molar-refractivity contribution in [2.45, 2.75) is 13.3 Å². The fourth-order valence-corrected chi connectivity index (χ4v) is 1.87. The van der Waals surface area contributed by atoms with Gasteiger partial charge in [-0.1, -0.05) is 0 Å². The molecular formula is C12H10F3NO3. The first-order valence-electron chi connectivity index (χ1n) is 5.28. The number of aromatic nitrogens is 1. The Morgan fingerprint density at radius 3 is 2.58 bits per heavy atom. The zero-order valence-electron chi connectivity index (χ0n) is 10.1. The third-order valence-electron chi connectivity index (χ3n) is 2.58. The quantitative estimate of drug-likeness (QED) is 0.855. The van der Waals surface area contributed by atoms with Gasteiger partial charge in [0.2, 0.25) is 0 Å². The molecule has 0 bridgehead atoms. The maximum atomic E-state index is 12.2. The lowest BCUT2D eigenvalue weighted by Crippen LogP contribution is -2.17. The molecule has 0 aliphatic carbocycles. The summed E-state index contributed by atoms with van der Waals surface area (Å²) in [5.74, 6) is -1.00. The van der Waals surface area contributed by atoms with Crippen LogP contribution in [-0.2, 0) is 4.74 Å². The molecule has 0 fully saturated rings. The van der Waals surface area contributed by atoms with Crippen LogP contribution in [-0.4, -0.2) is 24.4 Å². The Hall–Kier alpha value is -2.18. The van der Waals surface area contributed by atoms with Crippen molar-refractivity contribution >= 4 is 16.9 Å². The molecule has 0 aliphatic rings. The lowest BCUT2D eigenvalue weighted by Gasteiger charge is -2.08. The van der Waals surface area contributed by atoms with E-state index in [0.29, 0.717) is 16.6 Å². The Morgan fingerprint density at radius 2 is 2.00 bits per heavy atom. The highest BCUT2D eigenvalue weighted by Crippen LogP contribution is 2.29. The second-order valence-electron chi connectivity index (χ2n) is 3.87. The molecule has 7 heteroatoms. The van der Waals surface area contributed by atoms with Gasteiger partial charge in [-0.15, -0.1) is 13.2 Å². The molecule has 0 radical (unpaired) electrons. The third kappa shape index (κ3) is 2.64. The first-order valence-corrected chi connectivity index (χ1v) is 5.28. The van der Waals surface area contributed by atoms with Gasteiger partial charge in [-0.25, -0.2) is 4.79 Å². The van der Waals surface area contributed by atoms with E-state index in [1.807, 2.05) is 0 Å². The molecule has 0 saturated heterocycles. The number of hydrogen-bond acceptors (Lipinski definition) is 3. The summed E-state index contributed by atoms with van der Waals surface area (Å²) in [5.41, 5.74) is 1.25. The zero-order valence-corrected chi connectivity index (χ0v) is 10.1. The molecule has 0 aliphatic heterocycles. The van der Waals surface area contributed by atoms with Crippen molar-refractivity contribution in [1.29, 1.82) is 0 Å². The summed E-state index contributed by atoms with van der Waals surface area (Å²) in [6.45, 7) is 1.64. The van der Waals surface area contributed by atoms with Crippen LogP contribution in [0.15, 0.2) is 18.2 Å². The predicted molar refractivity (Wildman–Crippen MR) is 61.1 cm³/mol. The van der Waals surface area contributed by atoms with Crippen LogP contribution >= 0.6 is 0 Å². The van der Waals surface area contributed by atoms with E-state index in [1.165, 1.54) is 19.2 Å². The minimum atomic E-state index is -4.77. The van der Waals surface area contributed by atoms with Gasteiger partial charge in [0.05, 0.1) is 12.7 Å². The van der Waals surface area contributed by atoms with Crippen LogP contribution in [0.5, 0.6) is 5.75 Å². The highest BCUT2D eigenvalue weighted by molar-refractivity contribution is 6.05. The van der Waals surface area contributed by atoms with E-state index in [4.69, 9.17) is 0 Å². The second kappa shape index (κ2) is 4.49. The zero-order chi connectivity index (χ0) is 14.2. The number of hydrogen-bond donors (Lipinski definition) is 1. The minimum absolute atomic E-state index is 0.199. The minimum Gasteiger partial charge on any atom is -0.465 e. The number of nitrogens with one attached hydrogen (secondary N) is 1. The smallest absolute Gasteiger partial charge is 0.465 e. The molecule has 0 saturated carbocycles. The van der Waals surface area contributed by atoms with Gasteiger partial charge in [-0.3, -0.25) is 0 Å². The van der Waals surface area contributed by atoms with Crippen molar-refractivity contribution in [3.05, 3.63) is 29.5 Å². The Labute approximate surface area is 106 Å². The topological polar surface area (TPSA) is 51.3 Å². The van der Waals surface area contributed by atoms with Crippen molar-refractivity contribution in [2.24, 2.45) is 0 Å². The van der Waals surface area contributed by atoms with Crippen molar-refractivity contribution in [1.82, 2.24) is 4.98 Å². The number of fused-ring (bicyclic) bond motifs is 1.